The largest absolute Gasteiger partial charge is 0.207 e. The van der Waals surface area contributed by atoms with Gasteiger partial charge in [-0.25, -0.2) is 4.39 Å². The Morgan fingerprint density at radius 3 is 2.59 bits per heavy atom. The molecule has 1 unspecified atom stereocenters. The van der Waals surface area contributed by atoms with Crippen molar-refractivity contribution in [3.05, 3.63) is 34.1 Å². The molecular formula is C14H19BrClF. The van der Waals surface area contributed by atoms with E-state index in [4.69, 9.17) is 11.6 Å². The molecule has 0 spiro atoms. The third kappa shape index (κ3) is 4.97. The van der Waals surface area contributed by atoms with Gasteiger partial charge in [0.05, 0.1) is 0 Å². The fraction of sp³-hybridized carbons (Fsp3) is 0.571. The minimum Gasteiger partial charge on any atom is -0.207 e. The standard InChI is InChI=1S/C14H19BrClF/c1-14(2,3)13(16)6-4-5-10-9-11(15)7-8-12(10)17/h7-9,13H,4-6H2,1-3H3. The summed E-state index contributed by atoms with van der Waals surface area (Å²) in [6.07, 6.45) is 2.57. The number of halogens is 3. The van der Waals surface area contributed by atoms with Gasteiger partial charge in [0.15, 0.2) is 0 Å². The smallest absolute Gasteiger partial charge is 0.126 e. The van der Waals surface area contributed by atoms with E-state index in [-0.39, 0.29) is 16.6 Å². The van der Waals surface area contributed by atoms with Gasteiger partial charge in [0.25, 0.3) is 0 Å². The lowest BCUT2D eigenvalue weighted by Crippen LogP contribution is -2.20. The molecule has 0 radical (unpaired) electrons. The summed E-state index contributed by atoms with van der Waals surface area (Å²) in [5, 5.41) is 0.137. The Kier molecular flexibility index (Phi) is 5.46. The first kappa shape index (κ1) is 15.0. The Morgan fingerprint density at radius 2 is 2.00 bits per heavy atom. The summed E-state index contributed by atoms with van der Waals surface area (Å²) in [5.41, 5.74) is 0.870. The average Bonchev–Trinajstić information content (AvgIpc) is 2.21. The average molecular weight is 322 g/mol. The van der Waals surface area contributed by atoms with Crippen molar-refractivity contribution in [3.63, 3.8) is 0 Å². The van der Waals surface area contributed by atoms with E-state index in [2.05, 4.69) is 36.7 Å². The van der Waals surface area contributed by atoms with Crippen molar-refractivity contribution in [1.82, 2.24) is 0 Å². The van der Waals surface area contributed by atoms with Gasteiger partial charge in [-0.2, -0.15) is 0 Å². The molecule has 0 aliphatic heterocycles. The molecule has 0 N–H and O–H groups in total. The molecule has 1 atom stereocenters. The summed E-state index contributed by atoms with van der Waals surface area (Å²) < 4.78 is 14.4. The monoisotopic (exact) mass is 320 g/mol. The summed E-state index contributed by atoms with van der Waals surface area (Å²) in [6.45, 7) is 6.39. The van der Waals surface area contributed by atoms with Crippen LogP contribution in [0.3, 0.4) is 0 Å². The lowest BCUT2D eigenvalue weighted by atomic mass is 9.88. The highest BCUT2D eigenvalue weighted by Gasteiger charge is 2.21. The van der Waals surface area contributed by atoms with Crippen LogP contribution < -0.4 is 0 Å². The minimum atomic E-state index is -0.130. The summed E-state index contributed by atoms with van der Waals surface area (Å²) in [4.78, 5) is 0. The molecule has 0 saturated heterocycles. The second kappa shape index (κ2) is 6.19. The van der Waals surface area contributed by atoms with Gasteiger partial charge in [0.1, 0.15) is 5.82 Å². The van der Waals surface area contributed by atoms with Crippen LogP contribution >= 0.6 is 27.5 Å². The van der Waals surface area contributed by atoms with E-state index in [0.717, 1.165) is 29.3 Å². The number of hydrogen-bond donors (Lipinski definition) is 0. The molecule has 0 aliphatic rings. The van der Waals surface area contributed by atoms with Crippen molar-refractivity contribution in [2.24, 2.45) is 5.41 Å². The van der Waals surface area contributed by atoms with Crippen molar-refractivity contribution in [2.45, 2.75) is 45.4 Å². The first-order valence-electron chi connectivity index (χ1n) is 5.88. The zero-order valence-corrected chi connectivity index (χ0v) is 12.9. The molecule has 1 rings (SSSR count). The number of aryl methyl sites for hydroxylation is 1. The van der Waals surface area contributed by atoms with E-state index in [0.29, 0.717) is 0 Å². The highest BCUT2D eigenvalue weighted by Crippen LogP contribution is 2.28. The van der Waals surface area contributed by atoms with Crippen molar-refractivity contribution < 1.29 is 4.39 Å². The van der Waals surface area contributed by atoms with Crippen LogP contribution in [0, 0.1) is 11.2 Å². The third-order valence-electron chi connectivity index (χ3n) is 2.85. The molecule has 0 amide bonds. The Hall–Kier alpha value is -0.0800. The van der Waals surface area contributed by atoms with Crippen LogP contribution in [-0.4, -0.2) is 5.38 Å². The number of hydrogen-bond acceptors (Lipinski definition) is 0. The summed E-state index contributed by atoms with van der Waals surface area (Å²) in [5.74, 6) is -0.130. The topological polar surface area (TPSA) is 0 Å². The van der Waals surface area contributed by atoms with Crippen LogP contribution in [0.5, 0.6) is 0 Å². The van der Waals surface area contributed by atoms with Crippen molar-refractivity contribution >= 4 is 27.5 Å². The van der Waals surface area contributed by atoms with E-state index in [1.807, 2.05) is 6.07 Å². The molecule has 0 heterocycles. The number of alkyl halides is 1. The fourth-order valence-corrected chi connectivity index (χ4v) is 2.20. The molecule has 0 saturated carbocycles. The van der Waals surface area contributed by atoms with E-state index in [9.17, 15) is 4.39 Å². The van der Waals surface area contributed by atoms with Crippen molar-refractivity contribution in [2.75, 3.05) is 0 Å². The molecule has 96 valence electrons. The molecule has 1 aromatic rings. The Balaban J connectivity index is 2.49. The zero-order valence-electron chi connectivity index (χ0n) is 10.6. The van der Waals surface area contributed by atoms with Crippen LogP contribution in [0.2, 0.25) is 0 Å². The fourth-order valence-electron chi connectivity index (χ4n) is 1.64. The van der Waals surface area contributed by atoms with Gasteiger partial charge >= 0.3 is 0 Å². The second-order valence-corrected chi connectivity index (χ2v) is 6.90. The van der Waals surface area contributed by atoms with Gasteiger partial charge in [-0.1, -0.05) is 36.7 Å². The number of benzene rings is 1. The van der Waals surface area contributed by atoms with Crippen LogP contribution in [-0.2, 0) is 6.42 Å². The summed E-state index contributed by atoms with van der Waals surface area (Å²) >= 11 is 9.65. The van der Waals surface area contributed by atoms with Gasteiger partial charge in [-0.05, 0) is 48.4 Å². The maximum atomic E-state index is 13.5. The normalized spacial score (nSPS) is 13.8. The zero-order chi connectivity index (χ0) is 13.1. The van der Waals surface area contributed by atoms with Crippen LogP contribution in [0.4, 0.5) is 4.39 Å². The van der Waals surface area contributed by atoms with Crippen LogP contribution in [0.15, 0.2) is 22.7 Å². The maximum absolute atomic E-state index is 13.5. The quantitative estimate of drug-likeness (QED) is 0.636. The maximum Gasteiger partial charge on any atom is 0.126 e. The van der Waals surface area contributed by atoms with E-state index >= 15 is 0 Å². The van der Waals surface area contributed by atoms with Crippen LogP contribution in [0.1, 0.15) is 39.2 Å². The molecule has 17 heavy (non-hydrogen) atoms. The van der Waals surface area contributed by atoms with Gasteiger partial charge in [0.2, 0.25) is 0 Å². The molecule has 3 heteroatoms. The summed E-state index contributed by atoms with van der Waals surface area (Å²) in [7, 11) is 0. The molecule has 0 aliphatic carbocycles. The van der Waals surface area contributed by atoms with Crippen LogP contribution in [0.25, 0.3) is 0 Å². The predicted octanol–water partition coefficient (Wildman–Crippen LogP) is 5.56. The Labute approximate surface area is 117 Å². The Morgan fingerprint density at radius 1 is 1.35 bits per heavy atom. The van der Waals surface area contributed by atoms with Crippen molar-refractivity contribution in [1.29, 1.82) is 0 Å². The van der Waals surface area contributed by atoms with Gasteiger partial charge < -0.3 is 0 Å². The van der Waals surface area contributed by atoms with Gasteiger partial charge in [0, 0.05) is 9.85 Å². The molecule has 0 nitrogen and oxygen atoms in total. The lowest BCUT2D eigenvalue weighted by molar-refractivity contribution is 0.368. The lowest BCUT2D eigenvalue weighted by Gasteiger charge is -2.25. The van der Waals surface area contributed by atoms with E-state index in [1.165, 1.54) is 6.07 Å². The third-order valence-corrected chi connectivity index (χ3v) is 4.22. The van der Waals surface area contributed by atoms with Crippen molar-refractivity contribution in [3.8, 4) is 0 Å². The van der Waals surface area contributed by atoms with E-state index < -0.39 is 0 Å². The molecule has 0 fully saturated rings. The van der Waals surface area contributed by atoms with Gasteiger partial charge in [-0.3, -0.25) is 0 Å². The first-order chi connectivity index (χ1) is 7.80. The SMILES string of the molecule is CC(C)(C)C(Cl)CCCc1cc(Br)ccc1F. The first-order valence-corrected chi connectivity index (χ1v) is 7.11. The summed E-state index contributed by atoms with van der Waals surface area (Å²) in [6, 6.07) is 5.06. The minimum absolute atomic E-state index is 0.109. The Bertz CT molecular complexity index is 371. The second-order valence-electron chi connectivity index (χ2n) is 5.46. The predicted molar refractivity (Wildman–Crippen MR) is 76.1 cm³/mol. The molecule has 1 aromatic carbocycles. The highest BCUT2D eigenvalue weighted by atomic mass is 79.9. The molecule has 0 bridgehead atoms. The van der Waals surface area contributed by atoms with Gasteiger partial charge in [-0.15, -0.1) is 11.6 Å². The molecular weight excluding hydrogens is 303 g/mol. The van der Waals surface area contributed by atoms with E-state index in [1.54, 1.807) is 6.07 Å². The molecule has 0 aromatic heterocycles. The highest BCUT2D eigenvalue weighted by molar-refractivity contribution is 9.10. The number of rotatable bonds is 4.